The van der Waals surface area contributed by atoms with Crippen molar-refractivity contribution in [3.8, 4) is 0 Å². The lowest BCUT2D eigenvalue weighted by atomic mass is 9.67. The molecular formula is C13H20O2. The highest BCUT2D eigenvalue weighted by molar-refractivity contribution is 5.31. The predicted octanol–water partition coefficient (Wildman–Crippen LogP) is 1.89. The third kappa shape index (κ3) is 1.88. The van der Waals surface area contributed by atoms with Gasteiger partial charge in [-0.15, -0.1) is 0 Å². The Morgan fingerprint density at radius 3 is 2.80 bits per heavy atom. The van der Waals surface area contributed by atoms with Crippen LogP contribution < -0.4 is 0 Å². The molecule has 2 N–H and O–H groups in total. The molecule has 84 valence electrons. The predicted molar refractivity (Wildman–Crippen MR) is 60.3 cm³/mol. The van der Waals surface area contributed by atoms with Crippen LogP contribution in [0.3, 0.4) is 0 Å². The van der Waals surface area contributed by atoms with Crippen molar-refractivity contribution in [3.63, 3.8) is 0 Å². The first-order valence-electron chi connectivity index (χ1n) is 5.89. The van der Waals surface area contributed by atoms with Crippen molar-refractivity contribution >= 4 is 0 Å². The highest BCUT2D eigenvalue weighted by atomic mass is 16.3. The zero-order valence-corrected chi connectivity index (χ0v) is 9.43. The van der Waals surface area contributed by atoms with Gasteiger partial charge in [0.15, 0.2) is 0 Å². The van der Waals surface area contributed by atoms with Gasteiger partial charge in [0.05, 0.1) is 12.2 Å². The SMILES string of the molecule is CC[C@@H]1C2C(=C[C@@H](O)C[C@@H]2O)C=C[C@@H]1C. The van der Waals surface area contributed by atoms with Gasteiger partial charge < -0.3 is 10.2 Å². The maximum Gasteiger partial charge on any atom is 0.0751 e. The molecule has 1 unspecified atom stereocenters. The van der Waals surface area contributed by atoms with Crippen LogP contribution in [0, 0.1) is 17.8 Å². The summed E-state index contributed by atoms with van der Waals surface area (Å²) in [6.07, 6.45) is 6.90. The van der Waals surface area contributed by atoms with Crippen LogP contribution in [0.15, 0.2) is 23.8 Å². The number of hydrogen-bond acceptors (Lipinski definition) is 2. The number of fused-ring (bicyclic) bond motifs is 1. The van der Waals surface area contributed by atoms with E-state index in [1.807, 2.05) is 6.08 Å². The van der Waals surface area contributed by atoms with Gasteiger partial charge in [0.2, 0.25) is 0 Å². The lowest BCUT2D eigenvalue weighted by molar-refractivity contribution is 0.0286. The van der Waals surface area contributed by atoms with Crippen molar-refractivity contribution in [2.24, 2.45) is 17.8 Å². The van der Waals surface area contributed by atoms with Crippen molar-refractivity contribution in [1.82, 2.24) is 0 Å². The first-order valence-corrected chi connectivity index (χ1v) is 5.89. The Morgan fingerprint density at radius 1 is 1.40 bits per heavy atom. The summed E-state index contributed by atoms with van der Waals surface area (Å²) in [7, 11) is 0. The molecule has 0 saturated carbocycles. The highest BCUT2D eigenvalue weighted by Crippen LogP contribution is 2.41. The maximum absolute atomic E-state index is 10.1. The molecule has 0 fully saturated rings. The standard InChI is InChI=1S/C13H20O2/c1-3-11-8(2)4-5-9-6-10(14)7-12(15)13(9)11/h4-6,8,10-15H,3,7H2,1-2H3/t8-,10+,11-,12-,13?/m0/s1. The van der Waals surface area contributed by atoms with Crippen LogP contribution >= 0.6 is 0 Å². The van der Waals surface area contributed by atoms with Gasteiger partial charge in [0.25, 0.3) is 0 Å². The van der Waals surface area contributed by atoms with Crippen LogP contribution in [0.4, 0.5) is 0 Å². The third-order valence-corrected chi connectivity index (χ3v) is 3.87. The lowest BCUT2D eigenvalue weighted by Gasteiger charge is -2.40. The molecule has 0 bridgehead atoms. The molecule has 0 amide bonds. The molecule has 0 spiro atoms. The summed E-state index contributed by atoms with van der Waals surface area (Å²) in [6.45, 7) is 4.38. The minimum atomic E-state index is -0.471. The summed E-state index contributed by atoms with van der Waals surface area (Å²) in [5.41, 5.74) is 1.13. The first-order chi connectivity index (χ1) is 7.13. The average molecular weight is 208 g/mol. The topological polar surface area (TPSA) is 40.5 Å². The summed E-state index contributed by atoms with van der Waals surface area (Å²) in [5, 5.41) is 19.6. The van der Waals surface area contributed by atoms with Gasteiger partial charge in [-0.1, -0.05) is 38.5 Å². The second kappa shape index (κ2) is 4.11. The number of rotatable bonds is 1. The summed E-state index contributed by atoms with van der Waals surface area (Å²) < 4.78 is 0. The molecule has 0 saturated heterocycles. The quantitative estimate of drug-likeness (QED) is 0.691. The van der Waals surface area contributed by atoms with Gasteiger partial charge >= 0.3 is 0 Å². The summed E-state index contributed by atoms with van der Waals surface area (Å²) >= 11 is 0. The monoisotopic (exact) mass is 208 g/mol. The molecule has 0 aliphatic heterocycles. The van der Waals surface area contributed by atoms with Crippen molar-refractivity contribution in [2.45, 2.75) is 38.9 Å². The van der Waals surface area contributed by atoms with E-state index < -0.39 is 6.10 Å². The molecule has 0 aromatic heterocycles. The molecule has 0 heterocycles. The van der Waals surface area contributed by atoms with Gasteiger partial charge in [0, 0.05) is 12.3 Å². The van der Waals surface area contributed by atoms with Crippen LogP contribution in [0.25, 0.3) is 0 Å². The average Bonchev–Trinajstić information content (AvgIpc) is 2.18. The zero-order valence-electron chi connectivity index (χ0n) is 9.43. The molecule has 2 nitrogen and oxygen atoms in total. The Morgan fingerprint density at radius 2 is 2.13 bits per heavy atom. The van der Waals surface area contributed by atoms with E-state index in [2.05, 4.69) is 26.0 Å². The summed E-state index contributed by atoms with van der Waals surface area (Å²) in [4.78, 5) is 0. The van der Waals surface area contributed by atoms with E-state index in [4.69, 9.17) is 0 Å². The van der Waals surface area contributed by atoms with Gasteiger partial charge in [-0.25, -0.2) is 0 Å². The van der Waals surface area contributed by atoms with Crippen molar-refractivity contribution in [1.29, 1.82) is 0 Å². The Kier molecular flexibility index (Phi) is 2.98. The molecular weight excluding hydrogens is 188 g/mol. The number of hydrogen-bond donors (Lipinski definition) is 2. The van der Waals surface area contributed by atoms with E-state index in [1.54, 1.807) is 0 Å². The van der Waals surface area contributed by atoms with Crippen LogP contribution in [0.2, 0.25) is 0 Å². The number of allylic oxidation sites excluding steroid dienone is 2. The van der Waals surface area contributed by atoms with Crippen LogP contribution in [-0.4, -0.2) is 22.4 Å². The first kappa shape index (κ1) is 10.9. The normalized spacial score (nSPS) is 44.8. The van der Waals surface area contributed by atoms with Gasteiger partial charge in [-0.05, 0) is 17.4 Å². The Labute approximate surface area is 91.3 Å². The van der Waals surface area contributed by atoms with E-state index in [0.717, 1.165) is 12.0 Å². The molecule has 2 rings (SSSR count). The molecule has 2 aliphatic rings. The molecule has 0 aromatic rings. The van der Waals surface area contributed by atoms with Gasteiger partial charge in [-0.2, -0.15) is 0 Å². The fourth-order valence-electron chi connectivity index (χ4n) is 3.08. The van der Waals surface area contributed by atoms with E-state index in [1.165, 1.54) is 0 Å². The summed E-state index contributed by atoms with van der Waals surface area (Å²) in [5.74, 6) is 1.28. The van der Waals surface area contributed by atoms with E-state index >= 15 is 0 Å². The molecule has 2 aliphatic carbocycles. The van der Waals surface area contributed by atoms with Crippen molar-refractivity contribution < 1.29 is 10.2 Å². The smallest absolute Gasteiger partial charge is 0.0751 e. The fourth-order valence-corrected chi connectivity index (χ4v) is 3.08. The third-order valence-electron chi connectivity index (χ3n) is 3.87. The number of aliphatic hydroxyl groups is 2. The molecule has 0 aromatic carbocycles. The Hall–Kier alpha value is -0.600. The zero-order chi connectivity index (χ0) is 11.0. The van der Waals surface area contributed by atoms with Crippen LogP contribution in [0.5, 0.6) is 0 Å². The van der Waals surface area contributed by atoms with E-state index in [9.17, 15) is 10.2 Å². The van der Waals surface area contributed by atoms with Crippen LogP contribution in [0.1, 0.15) is 26.7 Å². The van der Waals surface area contributed by atoms with Crippen molar-refractivity contribution in [2.75, 3.05) is 0 Å². The molecule has 2 heteroatoms. The molecule has 15 heavy (non-hydrogen) atoms. The van der Waals surface area contributed by atoms with Gasteiger partial charge in [0.1, 0.15) is 0 Å². The minimum Gasteiger partial charge on any atom is -0.392 e. The second-order valence-electron chi connectivity index (χ2n) is 4.85. The summed E-state index contributed by atoms with van der Waals surface area (Å²) in [6, 6.07) is 0. The maximum atomic E-state index is 10.1. The highest BCUT2D eigenvalue weighted by Gasteiger charge is 2.37. The lowest BCUT2D eigenvalue weighted by Crippen LogP contribution is -2.39. The largest absolute Gasteiger partial charge is 0.392 e. The fraction of sp³-hybridized carbons (Fsp3) is 0.692. The van der Waals surface area contributed by atoms with Crippen molar-refractivity contribution in [3.05, 3.63) is 23.8 Å². The van der Waals surface area contributed by atoms with Gasteiger partial charge in [-0.3, -0.25) is 0 Å². The molecule has 0 radical (unpaired) electrons. The molecule has 5 atom stereocenters. The Bertz CT molecular complexity index is 293. The number of aliphatic hydroxyl groups excluding tert-OH is 2. The second-order valence-corrected chi connectivity index (χ2v) is 4.85. The van der Waals surface area contributed by atoms with E-state index in [-0.39, 0.29) is 12.0 Å². The van der Waals surface area contributed by atoms with E-state index in [0.29, 0.717) is 18.3 Å². The van der Waals surface area contributed by atoms with Crippen LogP contribution in [-0.2, 0) is 0 Å². The Balaban J connectivity index is 2.33. The minimum absolute atomic E-state index is 0.235.